The van der Waals surface area contributed by atoms with Crippen molar-refractivity contribution < 1.29 is 14.8 Å². The summed E-state index contributed by atoms with van der Waals surface area (Å²) in [4.78, 5) is 10.2. The van der Waals surface area contributed by atoms with Crippen molar-refractivity contribution >= 4 is 21.6 Å². The molecule has 1 N–H and O–H groups in total. The van der Waals surface area contributed by atoms with Gasteiger partial charge in [-0.3, -0.25) is 10.1 Å². The second-order valence-electron chi connectivity index (χ2n) is 2.83. The van der Waals surface area contributed by atoms with Crippen LogP contribution in [0.25, 0.3) is 0 Å². The first-order valence-electron chi connectivity index (χ1n) is 4.47. The first-order valence-corrected chi connectivity index (χ1v) is 5.27. The van der Waals surface area contributed by atoms with Gasteiger partial charge in [0.1, 0.15) is 6.61 Å². The summed E-state index contributed by atoms with van der Waals surface area (Å²) in [7, 11) is 0. The Morgan fingerprint density at radius 3 is 2.88 bits per heavy atom. The summed E-state index contributed by atoms with van der Waals surface area (Å²) >= 11 is 3.21. The van der Waals surface area contributed by atoms with Gasteiger partial charge < -0.3 is 9.84 Å². The van der Waals surface area contributed by atoms with Gasteiger partial charge >= 0.3 is 5.69 Å². The van der Waals surface area contributed by atoms with Crippen molar-refractivity contribution in [1.82, 2.24) is 0 Å². The van der Waals surface area contributed by atoms with Gasteiger partial charge in [0, 0.05) is 16.6 Å². The van der Waals surface area contributed by atoms with Gasteiger partial charge in [0.25, 0.3) is 0 Å². The molecule has 0 saturated carbocycles. The third-order valence-electron chi connectivity index (χ3n) is 1.73. The molecule has 5 nitrogen and oxygen atoms in total. The lowest BCUT2D eigenvalue weighted by atomic mass is 10.3. The molecular formula is C10H10BrNO4. The number of ether oxygens (including phenoxy) is 1. The van der Waals surface area contributed by atoms with Crippen LogP contribution in [0.5, 0.6) is 5.75 Å². The number of halogens is 1. The van der Waals surface area contributed by atoms with E-state index in [1.807, 2.05) is 0 Å². The smallest absolute Gasteiger partial charge is 0.311 e. The fourth-order valence-corrected chi connectivity index (χ4v) is 1.37. The van der Waals surface area contributed by atoms with Gasteiger partial charge in [0.05, 0.1) is 11.5 Å². The number of nitro groups is 1. The molecule has 16 heavy (non-hydrogen) atoms. The number of rotatable bonds is 5. The second kappa shape index (κ2) is 6.24. The highest BCUT2D eigenvalue weighted by molar-refractivity contribution is 9.10. The standard InChI is InChI=1S/C10H10BrNO4/c11-8-3-4-9(12(14)15)10(7-8)16-6-2-1-5-13/h1-4,7,13H,5-6H2/b2-1-. The monoisotopic (exact) mass is 287 g/mol. The molecule has 1 aromatic rings. The lowest BCUT2D eigenvalue weighted by Crippen LogP contribution is -1.98. The van der Waals surface area contributed by atoms with Crippen LogP contribution in [-0.4, -0.2) is 23.2 Å². The summed E-state index contributed by atoms with van der Waals surface area (Å²) in [5, 5.41) is 19.2. The van der Waals surface area contributed by atoms with Crippen LogP contribution in [-0.2, 0) is 0 Å². The summed E-state index contributed by atoms with van der Waals surface area (Å²) in [6.45, 7) is 0.0990. The van der Waals surface area contributed by atoms with Crippen molar-refractivity contribution in [3.05, 3.63) is 44.9 Å². The van der Waals surface area contributed by atoms with Gasteiger partial charge in [-0.25, -0.2) is 0 Å². The Morgan fingerprint density at radius 1 is 1.50 bits per heavy atom. The molecule has 0 saturated heterocycles. The zero-order chi connectivity index (χ0) is 12.0. The number of aliphatic hydroxyl groups is 1. The van der Waals surface area contributed by atoms with E-state index in [9.17, 15) is 10.1 Å². The maximum atomic E-state index is 10.7. The van der Waals surface area contributed by atoms with Crippen LogP contribution < -0.4 is 4.74 Å². The van der Waals surface area contributed by atoms with E-state index in [0.717, 1.165) is 0 Å². The van der Waals surface area contributed by atoms with Gasteiger partial charge in [-0.2, -0.15) is 0 Å². The number of aliphatic hydroxyl groups excluding tert-OH is 1. The molecular weight excluding hydrogens is 278 g/mol. The Kier molecular flexibility index (Phi) is 4.94. The van der Waals surface area contributed by atoms with E-state index < -0.39 is 4.92 Å². The lowest BCUT2D eigenvalue weighted by molar-refractivity contribution is -0.385. The first kappa shape index (κ1) is 12.7. The van der Waals surface area contributed by atoms with Crippen LogP contribution in [0.3, 0.4) is 0 Å². The van der Waals surface area contributed by atoms with Crippen LogP contribution >= 0.6 is 15.9 Å². The molecule has 0 bridgehead atoms. The van der Waals surface area contributed by atoms with E-state index in [4.69, 9.17) is 9.84 Å². The SMILES string of the molecule is O=[N+]([O-])c1ccc(Br)cc1OC/C=C\CO. The molecule has 0 aliphatic carbocycles. The molecule has 0 unspecified atom stereocenters. The van der Waals surface area contributed by atoms with E-state index in [1.165, 1.54) is 18.2 Å². The highest BCUT2D eigenvalue weighted by Gasteiger charge is 2.14. The summed E-state index contributed by atoms with van der Waals surface area (Å²) in [6, 6.07) is 4.48. The third kappa shape index (κ3) is 3.63. The normalized spacial score (nSPS) is 10.6. The third-order valence-corrected chi connectivity index (χ3v) is 2.22. The van der Waals surface area contributed by atoms with Crippen LogP contribution in [0, 0.1) is 10.1 Å². The van der Waals surface area contributed by atoms with E-state index in [1.54, 1.807) is 12.1 Å². The molecule has 0 amide bonds. The van der Waals surface area contributed by atoms with Crippen molar-refractivity contribution in [2.45, 2.75) is 0 Å². The van der Waals surface area contributed by atoms with Crippen molar-refractivity contribution in [3.8, 4) is 5.75 Å². The lowest BCUT2D eigenvalue weighted by Gasteiger charge is -2.04. The summed E-state index contributed by atoms with van der Waals surface area (Å²) in [5.74, 6) is 0.196. The number of nitro benzene ring substituents is 1. The highest BCUT2D eigenvalue weighted by atomic mass is 79.9. The molecule has 6 heteroatoms. The molecule has 0 aliphatic rings. The number of hydrogen-bond donors (Lipinski definition) is 1. The summed E-state index contributed by atoms with van der Waals surface area (Å²) < 4.78 is 5.92. The quantitative estimate of drug-likeness (QED) is 0.512. The van der Waals surface area contributed by atoms with Crippen molar-refractivity contribution in [1.29, 1.82) is 0 Å². The number of nitrogens with zero attached hydrogens (tertiary/aromatic N) is 1. The molecule has 86 valence electrons. The fraction of sp³-hybridized carbons (Fsp3) is 0.200. The maximum absolute atomic E-state index is 10.7. The average Bonchev–Trinajstić information content (AvgIpc) is 2.24. The Morgan fingerprint density at radius 2 is 2.25 bits per heavy atom. The van der Waals surface area contributed by atoms with Crippen LogP contribution in [0.15, 0.2) is 34.8 Å². The van der Waals surface area contributed by atoms with Crippen LogP contribution in [0.4, 0.5) is 5.69 Å². The van der Waals surface area contributed by atoms with Gasteiger partial charge in [0.15, 0.2) is 5.75 Å². The minimum Gasteiger partial charge on any atom is -0.483 e. The maximum Gasteiger partial charge on any atom is 0.311 e. The minimum atomic E-state index is -0.502. The van der Waals surface area contributed by atoms with Crippen molar-refractivity contribution in [2.24, 2.45) is 0 Å². The van der Waals surface area contributed by atoms with Gasteiger partial charge in [-0.1, -0.05) is 22.0 Å². The average molecular weight is 288 g/mol. The number of hydrogen-bond acceptors (Lipinski definition) is 4. The molecule has 0 fully saturated rings. The summed E-state index contributed by atoms with van der Waals surface area (Å²) in [6.07, 6.45) is 3.09. The second-order valence-corrected chi connectivity index (χ2v) is 3.75. The largest absolute Gasteiger partial charge is 0.483 e. The minimum absolute atomic E-state index is 0.0794. The predicted molar refractivity (Wildman–Crippen MR) is 62.5 cm³/mol. The molecule has 0 radical (unpaired) electrons. The number of benzene rings is 1. The Labute approximate surface area is 101 Å². The van der Waals surface area contributed by atoms with Crippen molar-refractivity contribution in [2.75, 3.05) is 13.2 Å². The Bertz CT molecular complexity index is 406. The zero-order valence-corrected chi connectivity index (χ0v) is 9.88. The molecule has 0 aromatic heterocycles. The van der Waals surface area contributed by atoms with Crippen LogP contribution in [0.1, 0.15) is 0 Å². The van der Waals surface area contributed by atoms with Crippen molar-refractivity contribution in [3.63, 3.8) is 0 Å². The molecule has 0 spiro atoms. The Hall–Kier alpha value is -1.40. The topological polar surface area (TPSA) is 72.6 Å². The predicted octanol–water partition coefficient (Wildman–Crippen LogP) is 2.28. The van der Waals surface area contributed by atoms with E-state index in [0.29, 0.717) is 4.47 Å². The molecule has 1 rings (SSSR count). The molecule has 0 heterocycles. The van der Waals surface area contributed by atoms with Gasteiger partial charge in [-0.15, -0.1) is 0 Å². The molecule has 0 aliphatic heterocycles. The van der Waals surface area contributed by atoms with E-state index in [-0.39, 0.29) is 24.7 Å². The van der Waals surface area contributed by atoms with Gasteiger partial charge in [0.2, 0.25) is 0 Å². The molecule has 1 aromatic carbocycles. The zero-order valence-electron chi connectivity index (χ0n) is 8.30. The Balaban J connectivity index is 2.80. The van der Waals surface area contributed by atoms with Gasteiger partial charge in [-0.05, 0) is 12.1 Å². The molecule has 0 atom stereocenters. The fourth-order valence-electron chi connectivity index (χ4n) is 1.03. The van der Waals surface area contributed by atoms with E-state index in [2.05, 4.69) is 15.9 Å². The highest BCUT2D eigenvalue weighted by Crippen LogP contribution is 2.29. The summed E-state index contributed by atoms with van der Waals surface area (Å²) in [5.41, 5.74) is -0.0828. The van der Waals surface area contributed by atoms with Crippen LogP contribution in [0.2, 0.25) is 0 Å². The van der Waals surface area contributed by atoms with E-state index >= 15 is 0 Å². The first-order chi connectivity index (χ1) is 7.65.